The molecular formula is C30H32F3N3O. The number of amides is 1. The number of halogens is 3. The van der Waals surface area contributed by atoms with Gasteiger partial charge in [0.15, 0.2) is 0 Å². The molecule has 0 unspecified atom stereocenters. The van der Waals surface area contributed by atoms with Gasteiger partial charge in [0.1, 0.15) is 0 Å². The number of alkyl halides is 3. The van der Waals surface area contributed by atoms with Crippen molar-refractivity contribution in [1.29, 1.82) is 0 Å². The van der Waals surface area contributed by atoms with Crippen LogP contribution in [0, 0.1) is 5.92 Å². The maximum Gasteiger partial charge on any atom is 0.416 e. The van der Waals surface area contributed by atoms with Gasteiger partial charge in [-0.05, 0) is 54.2 Å². The lowest BCUT2D eigenvalue weighted by molar-refractivity contribution is -0.137. The average molecular weight is 508 g/mol. The number of nitrogens with one attached hydrogen (secondary N) is 1. The molecule has 0 aromatic heterocycles. The predicted octanol–water partition coefficient (Wildman–Crippen LogP) is 4.97. The van der Waals surface area contributed by atoms with Crippen molar-refractivity contribution in [2.24, 2.45) is 5.92 Å². The summed E-state index contributed by atoms with van der Waals surface area (Å²) in [7, 11) is 0. The maximum atomic E-state index is 13.5. The summed E-state index contributed by atoms with van der Waals surface area (Å²) in [5.41, 5.74) is 3.18. The van der Waals surface area contributed by atoms with Crippen LogP contribution in [0.2, 0.25) is 0 Å². The molecule has 5 rings (SSSR count). The van der Waals surface area contributed by atoms with Crippen molar-refractivity contribution in [3.05, 3.63) is 101 Å². The number of piperazine rings is 1. The zero-order valence-corrected chi connectivity index (χ0v) is 20.8. The summed E-state index contributed by atoms with van der Waals surface area (Å²) in [5.74, 6) is -0.495. The van der Waals surface area contributed by atoms with Crippen molar-refractivity contribution in [3.63, 3.8) is 0 Å². The number of fused-ring (bicyclic) bond motifs is 3. The smallest absolute Gasteiger partial charge is 0.365 e. The molecule has 3 aromatic carbocycles. The number of anilines is 1. The van der Waals surface area contributed by atoms with Crippen molar-refractivity contribution in [3.8, 4) is 0 Å². The van der Waals surface area contributed by atoms with E-state index in [1.54, 1.807) is 6.07 Å². The zero-order valence-electron chi connectivity index (χ0n) is 20.8. The molecule has 194 valence electrons. The first kappa shape index (κ1) is 25.3. The average Bonchev–Trinajstić information content (AvgIpc) is 2.91. The van der Waals surface area contributed by atoms with E-state index in [1.807, 2.05) is 48.5 Å². The van der Waals surface area contributed by atoms with Crippen molar-refractivity contribution in [2.45, 2.75) is 31.5 Å². The molecule has 1 amide bonds. The summed E-state index contributed by atoms with van der Waals surface area (Å²) in [6, 6.07) is 24.2. The fourth-order valence-electron chi connectivity index (χ4n) is 5.60. The first-order chi connectivity index (χ1) is 17.9. The standard InChI is InChI=1S/C30H32F3N3O/c31-30(32,33)25-11-12-27-24(19-25)20-26(29(37)34-15-13-22-7-3-1-4-8-22)28-21-35(17-18-36(27)28)16-14-23-9-5-2-6-10-23/h1-12,19,26,28H,13-18,20-21H2,(H,34,37)/t26-,28+/m1/s1. The van der Waals surface area contributed by atoms with Crippen molar-refractivity contribution in [1.82, 2.24) is 10.2 Å². The largest absolute Gasteiger partial charge is 0.416 e. The molecule has 0 bridgehead atoms. The van der Waals surface area contributed by atoms with Crippen LogP contribution in [0.25, 0.3) is 0 Å². The van der Waals surface area contributed by atoms with E-state index in [2.05, 4.69) is 27.2 Å². The Bertz CT molecular complexity index is 1200. The van der Waals surface area contributed by atoms with Crippen LogP contribution in [-0.2, 0) is 30.2 Å². The number of benzene rings is 3. The quantitative estimate of drug-likeness (QED) is 0.491. The third-order valence-corrected chi connectivity index (χ3v) is 7.58. The van der Waals surface area contributed by atoms with Gasteiger partial charge in [0.25, 0.3) is 0 Å². The molecule has 1 fully saturated rings. The first-order valence-electron chi connectivity index (χ1n) is 12.9. The Balaban J connectivity index is 1.33. The van der Waals surface area contributed by atoms with Gasteiger partial charge in [-0.2, -0.15) is 13.2 Å². The van der Waals surface area contributed by atoms with Crippen LogP contribution < -0.4 is 10.2 Å². The lowest BCUT2D eigenvalue weighted by Gasteiger charge is -2.49. The van der Waals surface area contributed by atoms with E-state index in [9.17, 15) is 18.0 Å². The number of hydrogen-bond acceptors (Lipinski definition) is 3. The van der Waals surface area contributed by atoms with Gasteiger partial charge in [-0.15, -0.1) is 0 Å². The molecule has 4 nitrogen and oxygen atoms in total. The van der Waals surface area contributed by atoms with E-state index in [4.69, 9.17) is 0 Å². The second-order valence-corrected chi connectivity index (χ2v) is 9.98. The van der Waals surface area contributed by atoms with Crippen molar-refractivity contribution < 1.29 is 18.0 Å². The molecule has 2 aliphatic heterocycles. The van der Waals surface area contributed by atoms with Gasteiger partial charge < -0.3 is 10.2 Å². The molecule has 2 aliphatic rings. The summed E-state index contributed by atoms with van der Waals surface area (Å²) < 4.78 is 40.4. The highest BCUT2D eigenvalue weighted by Crippen LogP contribution is 2.39. The molecule has 2 heterocycles. The Labute approximate surface area is 216 Å². The molecule has 0 aliphatic carbocycles. The van der Waals surface area contributed by atoms with Crippen LogP contribution in [0.4, 0.5) is 18.9 Å². The highest BCUT2D eigenvalue weighted by molar-refractivity contribution is 5.82. The van der Waals surface area contributed by atoms with Gasteiger partial charge in [0, 0.05) is 38.4 Å². The van der Waals surface area contributed by atoms with E-state index in [0.717, 1.165) is 36.8 Å². The SMILES string of the molecule is O=C(NCCc1ccccc1)[C@@H]1Cc2cc(C(F)(F)F)ccc2N2CCN(CCc3ccccc3)C[C@@H]12. The molecule has 3 aromatic rings. The third kappa shape index (κ3) is 5.99. The fraction of sp³-hybridized carbons (Fsp3) is 0.367. The number of carbonyl (C=O) groups excluding carboxylic acids is 1. The van der Waals surface area contributed by atoms with Crippen LogP contribution in [0.15, 0.2) is 78.9 Å². The maximum absolute atomic E-state index is 13.5. The molecule has 1 saturated heterocycles. The molecule has 2 atom stereocenters. The monoisotopic (exact) mass is 507 g/mol. The van der Waals surface area contributed by atoms with Crippen molar-refractivity contribution >= 4 is 11.6 Å². The van der Waals surface area contributed by atoms with Crippen LogP contribution >= 0.6 is 0 Å². The number of carbonyl (C=O) groups is 1. The molecule has 0 saturated carbocycles. The summed E-state index contributed by atoms with van der Waals surface area (Å²) in [6.45, 7) is 3.59. The highest BCUT2D eigenvalue weighted by atomic mass is 19.4. The van der Waals surface area contributed by atoms with Gasteiger partial charge in [-0.1, -0.05) is 60.7 Å². The number of hydrogen-bond donors (Lipinski definition) is 1. The minimum absolute atomic E-state index is 0.0783. The highest BCUT2D eigenvalue weighted by Gasteiger charge is 2.42. The third-order valence-electron chi connectivity index (χ3n) is 7.58. The van der Waals surface area contributed by atoms with E-state index in [0.29, 0.717) is 38.0 Å². The second kappa shape index (κ2) is 11.0. The Kier molecular flexibility index (Phi) is 7.51. The Morgan fingerprint density at radius 1 is 0.892 bits per heavy atom. The number of nitrogens with zero attached hydrogens (tertiary/aromatic N) is 2. The van der Waals surface area contributed by atoms with E-state index < -0.39 is 17.7 Å². The van der Waals surface area contributed by atoms with E-state index >= 15 is 0 Å². The zero-order chi connectivity index (χ0) is 25.8. The second-order valence-electron chi connectivity index (χ2n) is 9.98. The molecule has 1 N–H and O–H groups in total. The Hall–Kier alpha value is -3.32. The molecular weight excluding hydrogens is 475 g/mol. The van der Waals surface area contributed by atoms with E-state index in [-0.39, 0.29) is 11.9 Å². The lowest BCUT2D eigenvalue weighted by Crippen LogP contribution is -2.61. The number of rotatable bonds is 7. The van der Waals surface area contributed by atoms with Gasteiger partial charge in [-0.3, -0.25) is 9.69 Å². The first-order valence-corrected chi connectivity index (χ1v) is 12.9. The Morgan fingerprint density at radius 3 is 2.24 bits per heavy atom. The Morgan fingerprint density at radius 2 is 1.57 bits per heavy atom. The summed E-state index contributed by atoms with van der Waals surface area (Å²) in [4.78, 5) is 18.0. The normalized spacial score (nSPS) is 19.7. The van der Waals surface area contributed by atoms with Crippen LogP contribution in [0.1, 0.15) is 22.3 Å². The minimum Gasteiger partial charge on any atom is -0.365 e. The van der Waals surface area contributed by atoms with Gasteiger partial charge in [0.05, 0.1) is 17.5 Å². The summed E-state index contributed by atoms with van der Waals surface area (Å²) in [5, 5.41) is 3.08. The van der Waals surface area contributed by atoms with Gasteiger partial charge in [-0.25, -0.2) is 0 Å². The van der Waals surface area contributed by atoms with Crippen molar-refractivity contribution in [2.75, 3.05) is 37.6 Å². The topological polar surface area (TPSA) is 35.6 Å². The van der Waals surface area contributed by atoms with Gasteiger partial charge >= 0.3 is 6.18 Å². The van der Waals surface area contributed by atoms with Gasteiger partial charge in [0.2, 0.25) is 5.91 Å². The molecule has 0 radical (unpaired) electrons. The van der Waals surface area contributed by atoms with E-state index in [1.165, 1.54) is 11.6 Å². The summed E-state index contributed by atoms with van der Waals surface area (Å²) in [6.07, 6.45) is -2.46. The van der Waals surface area contributed by atoms with Crippen LogP contribution in [0.5, 0.6) is 0 Å². The summed E-state index contributed by atoms with van der Waals surface area (Å²) >= 11 is 0. The van der Waals surface area contributed by atoms with Crippen LogP contribution in [0.3, 0.4) is 0 Å². The fourth-order valence-corrected chi connectivity index (χ4v) is 5.60. The molecule has 37 heavy (non-hydrogen) atoms. The molecule has 0 spiro atoms. The molecule has 7 heteroatoms. The lowest BCUT2D eigenvalue weighted by atomic mass is 9.82. The predicted molar refractivity (Wildman–Crippen MR) is 140 cm³/mol. The minimum atomic E-state index is -4.41. The van der Waals surface area contributed by atoms with Crippen LogP contribution in [-0.4, -0.2) is 49.6 Å².